The second kappa shape index (κ2) is 4.67. The van der Waals surface area contributed by atoms with Gasteiger partial charge in [-0.2, -0.15) is 0 Å². The first kappa shape index (κ1) is 11.8. The SMILES string of the molecule is Cc1nc(NC(CN)C2CC2)ccc1[N+](=O)[O-]. The normalized spacial score (nSPS) is 16.6. The molecule has 1 aromatic heterocycles. The van der Waals surface area contributed by atoms with Crippen molar-refractivity contribution in [2.24, 2.45) is 11.7 Å². The molecule has 1 aromatic rings. The second-order valence-corrected chi connectivity index (χ2v) is 4.38. The number of hydrogen-bond acceptors (Lipinski definition) is 5. The van der Waals surface area contributed by atoms with E-state index in [1.54, 1.807) is 13.0 Å². The summed E-state index contributed by atoms with van der Waals surface area (Å²) in [5.41, 5.74) is 6.15. The molecule has 6 heteroatoms. The summed E-state index contributed by atoms with van der Waals surface area (Å²) in [6.45, 7) is 2.19. The van der Waals surface area contributed by atoms with Gasteiger partial charge in [0.2, 0.25) is 0 Å². The molecule has 3 N–H and O–H groups in total. The van der Waals surface area contributed by atoms with Crippen LogP contribution >= 0.6 is 0 Å². The lowest BCUT2D eigenvalue weighted by atomic mass is 10.2. The fourth-order valence-corrected chi connectivity index (χ4v) is 1.88. The Hall–Kier alpha value is -1.69. The third kappa shape index (κ3) is 2.71. The fraction of sp³-hybridized carbons (Fsp3) is 0.545. The molecule has 1 aliphatic carbocycles. The van der Waals surface area contributed by atoms with E-state index in [1.807, 2.05) is 0 Å². The minimum absolute atomic E-state index is 0.0475. The van der Waals surface area contributed by atoms with Crippen molar-refractivity contribution in [1.82, 2.24) is 4.98 Å². The highest BCUT2D eigenvalue weighted by atomic mass is 16.6. The minimum Gasteiger partial charge on any atom is -0.366 e. The number of aryl methyl sites for hydroxylation is 1. The Kier molecular flexibility index (Phi) is 3.23. The van der Waals surface area contributed by atoms with Gasteiger partial charge in [-0.1, -0.05) is 0 Å². The van der Waals surface area contributed by atoms with Crippen LogP contribution in [-0.4, -0.2) is 22.5 Å². The van der Waals surface area contributed by atoms with Gasteiger partial charge in [-0.15, -0.1) is 0 Å². The van der Waals surface area contributed by atoms with Crippen molar-refractivity contribution in [3.05, 3.63) is 27.9 Å². The van der Waals surface area contributed by atoms with Crippen LogP contribution in [0.1, 0.15) is 18.5 Å². The Morgan fingerprint density at radius 2 is 2.35 bits per heavy atom. The van der Waals surface area contributed by atoms with Crippen LogP contribution in [0.4, 0.5) is 11.5 Å². The monoisotopic (exact) mass is 236 g/mol. The van der Waals surface area contributed by atoms with E-state index in [0.29, 0.717) is 24.0 Å². The van der Waals surface area contributed by atoms with Gasteiger partial charge in [0.1, 0.15) is 11.5 Å². The van der Waals surface area contributed by atoms with Gasteiger partial charge in [-0.05, 0) is 31.7 Å². The van der Waals surface area contributed by atoms with Crippen LogP contribution in [0.3, 0.4) is 0 Å². The minimum atomic E-state index is -0.423. The summed E-state index contributed by atoms with van der Waals surface area (Å²) in [7, 11) is 0. The maximum Gasteiger partial charge on any atom is 0.290 e. The summed E-state index contributed by atoms with van der Waals surface area (Å²) in [5, 5.41) is 13.9. The molecule has 0 bridgehead atoms. The van der Waals surface area contributed by atoms with Crippen LogP contribution < -0.4 is 11.1 Å². The van der Waals surface area contributed by atoms with Crippen molar-refractivity contribution in [1.29, 1.82) is 0 Å². The molecule has 2 rings (SSSR count). The number of nitrogens with one attached hydrogen (secondary N) is 1. The number of nitrogens with two attached hydrogens (primary N) is 1. The van der Waals surface area contributed by atoms with Gasteiger partial charge in [0.05, 0.1) is 4.92 Å². The van der Waals surface area contributed by atoms with Crippen molar-refractivity contribution in [3.8, 4) is 0 Å². The van der Waals surface area contributed by atoms with E-state index in [2.05, 4.69) is 10.3 Å². The van der Waals surface area contributed by atoms with Crippen molar-refractivity contribution < 1.29 is 4.92 Å². The summed E-state index contributed by atoms with van der Waals surface area (Å²) >= 11 is 0. The highest BCUT2D eigenvalue weighted by molar-refractivity contribution is 5.45. The molecule has 0 aromatic carbocycles. The van der Waals surface area contributed by atoms with Crippen LogP contribution in [0.15, 0.2) is 12.1 Å². The lowest BCUT2D eigenvalue weighted by molar-refractivity contribution is -0.385. The van der Waals surface area contributed by atoms with Crippen molar-refractivity contribution in [2.75, 3.05) is 11.9 Å². The summed E-state index contributed by atoms with van der Waals surface area (Å²) in [6.07, 6.45) is 2.39. The molecule has 92 valence electrons. The van der Waals surface area contributed by atoms with Crippen LogP contribution in [-0.2, 0) is 0 Å². The van der Waals surface area contributed by atoms with Crippen LogP contribution in [0.25, 0.3) is 0 Å². The molecular weight excluding hydrogens is 220 g/mol. The zero-order chi connectivity index (χ0) is 12.4. The van der Waals surface area contributed by atoms with Gasteiger partial charge in [0, 0.05) is 18.7 Å². The van der Waals surface area contributed by atoms with E-state index in [9.17, 15) is 10.1 Å². The average Bonchev–Trinajstić information content (AvgIpc) is 3.09. The van der Waals surface area contributed by atoms with Crippen molar-refractivity contribution in [3.63, 3.8) is 0 Å². The van der Waals surface area contributed by atoms with Gasteiger partial charge in [0.25, 0.3) is 5.69 Å². The van der Waals surface area contributed by atoms with Gasteiger partial charge in [-0.3, -0.25) is 10.1 Å². The predicted octanol–water partition coefficient (Wildman–Crippen LogP) is 1.45. The van der Waals surface area contributed by atoms with Crippen molar-refractivity contribution in [2.45, 2.75) is 25.8 Å². The Bertz CT molecular complexity index is 431. The van der Waals surface area contributed by atoms with Crippen LogP contribution in [0.5, 0.6) is 0 Å². The van der Waals surface area contributed by atoms with Gasteiger partial charge in [0.15, 0.2) is 0 Å². The molecule has 0 aliphatic heterocycles. The standard InChI is InChI=1S/C11H16N4O2/c1-7-10(15(16)17)4-5-11(13-7)14-9(6-12)8-2-3-8/h4-5,8-9H,2-3,6,12H2,1H3,(H,13,14). The molecule has 0 radical (unpaired) electrons. The largest absolute Gasteiger partial charge is 0.366 e. The third-order valence-electron chi connectivity index (χ3n) is 3.03. The molecule has 1 atom stereocenters. The molecule has 0 amide bonds. The van der Waals surface area contributed by atoms with E-state index in [0.717, 1.165) is 0 Å². The highest BCUT2D eigenvalue weighted by Gasteiger charge is 2.30. The molecular formula is C11H16N4O2. The number of nitrogens with zero attached hydrogens (tertiary/aromatic N) is 2. The molecule has 6 nitrogen and oxygen atoms in total. The first-order chi connectivity index (χ1) is 8.11. The molecule has 0 saturated heterocycles. The van der Waals surface area contributed by atoms with Gasteiger partial charge < -0.3 is 11.1 Å². The first-order valence-corrected chi connectivity index (χ1v) is 5.70. The van der Waals surface area contributed by atoms with Crippen molar-refractivity contribution >= 4 is 11.5 Å². The average molecular weight is 236 g/mol. The maximum absolute atomic E-state index is 10.7. The summed E-state index contributed by atoms with van der Waals surface area (Å²) in [4.78, 5) is 14.4. The molecule has 1 unspecified atom stereocenters. The fourth-order valence-electron chi connectivity index (χ4n) is 1.88. The lowest BCUT2D eigenvalue weighted by Gasteiger charge is -2.16. The number of rotatable bonds is 5. The summed E-state index contributed by atoms with van der Waals surface area (Å²) < 4.78 is 0. The molecule has 1 heterocycles. The van der Waals surface area contributed by atoms with Crippen LogP contribution in [0, 0.1) is 23.0 Å². The lowest BCUT2D eigenvalue weighted by Crippen LogP contribution is -2.31. The zero-order valence-electron chi connectivity index (χ0n) is 9.72. The third-order valence-corrected chi connectivity index (χ3v) is 3.03. The number of anilines is 1. The molecule has 1 fully saturated rings. The number of aromatic nitrogens is 1. The van der Waals surface area contributed by atoms with Crippen LogP contribution in [0.2, 0.25) is 0 Å². The topological polar surface area (TPSA) is 94.1 Å². The molecule has 17 heavy (non-hydrogen) atoms. The number of nitro groups is 1. The predicted molar refractivity (Wildman–Crippen MR) is 64.8 cm³/mol. The van der Waals surface area contributed by atoms with Gasteiger partial charge >= 0.3 is 0 Å². The Labute approximate surface area is 99.4 Å². The summed E-state index contributed by atoms with van der Waals surface area (Å²) in [6, 6.07) is 3.34. The first-order valence-electron chi connectivity index (χ1n) is 5.70. The maximum atomic E-state index is 10.7. The number of pyridine rings is 1. The van der Waals surface area contributed by atoms with E-state index >= 15 is 0 Å². The van der Waals surface area contributed by atoms with Gasteiger partial charge in [-0.25, -0.2) is 4.98 Å². The van der Waals surface area contributed by atoms with E-state index in [-0.39, 0.29) is 11.7 Å². The van der Waals surface area contributed by atoms with E-state index in [1.165, 1.54) is 18.9 Å². The Morgan fingerprint density at radius 1 is 1.65 bits per heavy atom. The summed E-state index contributed by atoms with van der Waals surface area (Å²) in [5.74, 6) is 1.28. The van der Waals surface area contributed by atoms with E-state index in [4.69, 9.17) is 5.73 Å². The molecule has 1 aliphatic rings. The number of hydrogen-bond donors (Lipinski definition) is 2. The Balaban J connectivity index is 2.11. The second-order valence-electron chi connectivity index (χ2n) is 4.38. The smallest absolute Gasteiger partial charge is 0.290 e. The Morgan fingerprint density at radius 3 is 2.82 bits per heavy atom. The quantitative estimate of drug-likeness (QED) is 0.596. The van der Waals surface area contributed by atoms with E-state index < -0.39 is 4.92 Å². The molecule has 0 spiro atoms. The highest BCUT2D eigenvalue weighted by Crippen LogP contribution is 2.33. The molecule has 1 saturated carbocycles. The zero-order valence-corrected chi connectivity index (χ0v) is 9.72.